The van der Waals surface area contributed by atoms with E-state index < -0.39 is 0 Å². The van der Waals surface area contributed by atoms with Crippen LogP contribution in [0.25, 0.3) is 45.6 Å². The minimum atomic E-state index is -0.314. The molecule has 0 spiro atoms. The van der Waals surface area contributed by atoms with E-state index >= 15 is 0 Å². The van der Waals surface area contributed by atoms with Gasteiger partial charge in [-0.3, -0.25) is 4.98 Å². The summed E-state index contributed by atoms with van der Waals surface area (Å²) in [4.78, 5) is 9.62. The molecule has 2 aromatic carbocycles. The fourth-order valence-corrected chi connectivity index (χ4v) is 4.40. The Morgan fingerprint density at radius 1 is 0.697 bits per heavy atom. The molecule has 0 fully saturated rings. The lowest BCUT2D eigenvalue weighted by molar-refractivity contribution is 0.581. The first-order chi connectivity index (χ1) is 16.3. The first kappa shape index (κ1) is 19.5. The molecule has 0 saturated carbocycles. The van der Waals surface area contributed by atoms with Crippen LogP contribution in [0.4, 0.5) is 4.39 Å². The van der Waals surface area contributed by atoms with E-state index in [2.05, 4.69) is 34.5 Å². The monoisotopic (exact) mass is 434 g/mol. The molecule has 3 heterocycles. The average Bonchev–Trinajstić information content (AvgIpc) is 3.55. The van der Waals surface area contributed by atoms with Gasteiger partial charge in [-0.05, 0) is 72.4 Å². The minimum absolute atomic E-state index is 0.314. The molecule has 0 atom stereocenters. The Bertz CT molecular complexity index is 1450. The predicted octanol–water partition coefficient (Wildman–Crippen LogP) is 6.16. The van der Waals surface area contributed by atoms with E-state index in [0.29, 0.717) is 23.0 Å². The zero-order chi connectivity index (χ0) is 22.2. The molecule has 5 aromatic rings. The lowest BCUT2D eigenvalue weighted by Gasteiger charge is -2.12. The van der Waals surface area contributed by atoms with Crippen LogP contribution in [0.3, 0.4) is 0 Å². The third kappa shape index (κ3) is 3.59. The van der Waals surface area contributed by atoms with Crippen molar-refractivity contribution in [2.24, 2.45) is 0 Å². The average molecular weight is 434 g/mol. The van der Waals surface area contributed by atoms with Gasteiger partial charge in [0.2, 0.25) is 5.89 Å². The topological polar surface area (TPSA) is 64.7 Å². The Labute approximate surface area is 190 Å². The summed E-state index contributed by atoms with van der Waals surface area (Å²) in [6, 6.07) is 22.1. The van der Waals surface area contributed by atoms with Crippen molar-refractivity contribution in [2.45, 2.75) is 19.3 Å². The number of hydrogen-bond acceptors (Lipinski definition) is 5. The van der Waals surface area contributed by atoms with Crippen molar-refractivity contribution < 1.29 is 8.81 Å². The minimum Gasteiger partial charge on any atom is -0.415 e. The van der Waals surface area contributed by atoms with Crippen molar-refractivity contribution in [2.75, 3.05) is 0 Å². The molecule has 0 saturated heterocycles. The van der Waals surface area contributed by atoms with E-state index in [1.807, 2.05) is 30.5 Å². The van der Waals surface area contributed by atoms with E-state index in [9.17, 15) is 4.39 Å². The molecular formula is C27H19FN4O. The maximum absolute atomic E-state index is 13.2. The zero-order valence-electron chi connectivity index (χ0n) is 17.7. The number of fused-ring (bicyclic) bond motifs is 1. The molecule has 3 aromatic heterocycles. The van der Waals surface area contributed by atoms with E-state index in [1.165, 1.54) is 34.4 Å². The number of nitrogens with zero attached hydrogens (tertiary/aromatic N) is 4. The quantitative estimate of drug-likeness (QED) is 0.339. The fourth-order valence-electron chi connectivity index (χ4n) is 4.40. The lowest BCUT2D eigenvalue weighted by Crippen LogP contribution is -1.98. The summed E-state index contributed by atoms with van der Waals surface area (Å²) in [7, 11) is 0. The van der Waals surface area contributed by atoms with Crippen molar-refractivity contribution in [3.8, 4) is 45.6 Å². The number of benzene rings is 2. The highest BCUT2D eigenvalue weighted by Gasteiger charge is 2.22. The Balaban J connectivity index is 1.38. The van der Waals surface area contributed by atoms with Crippen LogP contribution in [0, 0.1) is 5.82 Å². The molecule has 0 radical (unpaired) electrons. The van der Waals surface area contributed by atoms with Gasteiger partial charge in [-0.2, -0.15) is 0 Å². The molecular weight excluding hydrogens is 415 g/mol. The van der Waals surface area contributed by atoms with Gasteiger partial charge < -0.3 is 4.42 Å². The van der Waals surface area contributed by atoms with Gasteiger partial charge in [0.05, 0.1) is 11.4 Å². The van der Waals surface area contributed by atoms with Crippen LogP contribution in [0.15, 0.2) is 83.4 Å². The van der Waals surface area contributed by atoms with Crippen molar-refractivity contribution >= 4 is 0 Å². The van der Waals surface area contributed by atoms with Crippen LogP contribution in [0.2, 0.25) is 0 Å². The normalized spacial score (nSPS) is 12.6. The van der Waals surface area contributed by atoms with Crippen molar-refractivity contribution in [1.82, 2.24) is 20.2 Å². The Morgan fingerprint density at radius 3 is 2.30 bits per heavy atom. The molecule has 0 aliphatic heterocycles. The summed E-state index contributed by atoms with van der Waals surface area (Å²) in [6.07, 6.45) is 5.10. The maximum Gasteiger partial charge on any atom is 0.266 e. The highest BCUT2D eigenvalue weighted by Crippen LogP contribution is 2.37. The molecule has 5 nitrogen and oxygen atoms in total. The Morgan fingerprint density at radius 2 is 1.45 bits per heavy atom. The van der Waals surface area contributed by atoms with Crippen LogP contribution in [0.1, 0.15) is 17.5 Å². The van der Waals surface area contributed by atoms with Gasteiger partial charge in [-0.25, -0.2) is 9.37 Å². The van der Waals surface area contributed by atoms with E-state index in [4.69, 9.17) is 14.4 Å². The van der Waals surface area contributed by atoms with Gasteiger partial charge in [0.25, 0.3) is 5.89 Å². The molecule has 33 heavy (non-hydrogen) atoms. The molecule has 0 amide bonds. The number of pyridine rings is 2. The summed E-state index contributed by atoms with van der Waals surface area (Å²) in [6.45, 7) is 0. The van der Waals surface area contributed by atoms with Crippen molar-refractivity contribution in [3.63, 3.8) is 0 Å². The van der Waals surface area contributed by atoms with Gasteiger partial charge in [-0.15, -0.1) is 10.2 Å². The third-order valence-corrected chi connectivity index (χ3v) is 5.96. The second-order valence-corrected chi connectivity index (χ2v) is 8.02. The number of hydrogen-bond donors (Lipinski definition) is 0. The van der Waals surface area contributed by atoms with Gasteiger partial charge in [-0.1, -0.05) is 36.4 Å². The zero-order valence-corrected chi connectivity index (χ0v) is 17.7. The summed E-state index contributed by atoms with van der Waals surface area (Å²) < 4.78 is 19.0. The lowest BCUT2D eigenvalue weighted by atomic mass is 9.97. The van der Waals surface area contributed by atoms with E-state index in [-0.39, 0.29) is 5.82 Å². The molecule has 160 valence electrons. The number of aromatic nitrogens is 4. The first-order valence-electron chi connectivity index (χ1n) is 10.9. The van der Waals surface area contributed by atoms with Gasteiger partial charge in [0, 0.05) is 17.3 Å². The number of rotatable bonds is 4. The van der Waals surface area contributed by atoms with Gasteiger partial charge in [0.15, 0.2) is 0 Å². The highest BCUT2D eigenvalue weighted by molar-refractivity contribution is 5.74. The Hall–Kier alpha value is -4.19. The molecule has 1 aliphatic rings. The smallest absolute Gasteiger partial charge is 0.266 e. The van der Waals surface area contributed by atoms with Crippen LogP contribution >= 0.6 is 0 Å². The largest absolute Gasteiger partial charge is 0.415 e. The van der Waals surface area contributed by atoms with Crippen LogP contribution in [-0.2, 0) is 12.8 Å². The molecule has 0 bridgehead atoms. The SMILES string of the molecule is Fc1ccc(-c2nnc(-c3cccc(-c4ncc(-c5ccccc5)c5c4CCC5)n3)o2)cc1. The molecule has 6 heteroatoms. The second-order valence-electron chi connectivity index (χ2n) is 8.02. The van der Waals surface area contributed by atoms with Crippen LogP contribution in [-0.4, -0.2) is 20.2 Å². The van der Waals surface area contributed by atoms with Crippen LogP contribution < -0.4 is 0 Å². The van der Waals surface area contributed by atoms with Crippen molar-refractivity contribution in [1.29, 1.82) is 0 Å². The summed E-state index contributed by atoms with van der Waals surface area (Å²) in [5.41, 5.74) is 7.93. The fraction of sp³-hybridized carbons (Fsp3) is 0.111. The standard InChI is InChI=1S/C27H19FN4O/c28-19-14-12-18(13-15-19)26-31-32-27(33-26)24-11-5-10-23(30-24)25-21-9-4-8-20(21)22(16-29-25)17-6-2-1-3-7-17/h1-3,5-7,10-16H,4,8-9H2. The molecule has 0 unspecified atom stereocenters. The number of halogens is 1. The van der Waals surface area contributed by atoms with E-state index in [0.717, 1.165) is 30.7 Å². The van der Waals surface area contributed by atoms with Gasteiger partial charge in [0.1, 0.15) is 11.5 Å². The summed E-state index contributed by atoms with van der Waals surface area (Å²) >= 11 is 0. The Kier molecular flexibility index (Phi) is 4.76. The molecule has 0 N–H and O–H groups in total. The summed E-state index contributed by atoms with van der Waals surface area (Å²) in [5, 5.41) is 8.26. The van der Waals surface area contributed by atoms with Crippen molar-refractivity contribution in [3.05, 3.63) is 95.9 Å². The molecule has 1 aliphatic carbocycles. The van der Waals surface area contributed by atoms with Crippen LogP contribution in [0.5, 0.6) is 0 Å². The molecule has 6 rings (SSSR count). The van der Waals surface area contributed by atoms with Gasteiger partial charge >= 0.3 is 0 Å². The predicted molar refractivity (Wildman–Crippen MR) is 124 cm³/mol. The first-order valence-corrected chi connectivity index (χ1v) is 10.9. The second kappa shape index (κ2) is 8.06. The highest BCUT2D eigenvalue weighted by atomic mass is 19.1. The van der Waals surface area contributed by atoms with E-state index in [1.54, 1.807) is 12.1 Å². The summed E-state index contributed by atoms with van der Waals surface area (Å²) in [5.74, 6) is 0.323. The maximum atomic E-state index is 13.2. The third-order valence-electron chi connectivity index (χ3n) is 5.96.